The van der Waals surface area contributed by atoms with E-state index in [9.17, 15) is 28.3 Å². The molecule has 6 nitrogen and oxygen atoms in total. The standard InChI is InChI=1S/C22H17F2NO5/c1-2-30-22(29)20(27)10-19(26)17-12-25(11-13-7-14(23)9-15(24)8-13)18-6-4-3-5-16(18)21(17)28/h3-10,12,26H,2,11H2,1H3. The van der Waals surface area contributed by atoms with Crippen LogP contribution in [0, 0.1) is 11.6 Å². The van der Waals surface area contributed by atoms with Gasteiger partial charge in [-0.15, -0.1) is 0 Å². The number of hydrogen-bond donors (Lipinski definition) is 1. The maximum absolute atomic E-state index is 13.6. The van der Waals surface area contributed by atoms with Crippen LogP contribution in [0.15, 0.2) is 59.5 Å². The second-order valence-electron chi connectivity index (χ2n) is 6.41. The van der Waals surface area contributed by atoms with E-state index >= 15 is 0 Å². The van der Waals surface area contributed by atoms with Crippen LogP contribution in [0.3, 0.4) is 0 Å². The van der Waals surface area contributed by atoms with Gasteiger partial charge in [0.2, 0.25) is 0 Å². The lowest BCUT2D eigenvalue weighted by Crippen LogP contribution is -2.18. The minimum atomic E-state index is -1.17. The first-order valence-corrected chi connectivity index (χ1v) is 8.99. The van der Waals surface area contributed by atoms with Crippen LogP contribution in [0.2, 0.25) is 0 Å². The number of carbonyl (C=O) groups excluding carboxylic acids is 2. The molecule has 30 heavy (non-hydrogen) atoms. The monoisotopic (exact) mass is 413 g/mol. The number of ketones is 1. The van der Waals surface area contributed by atoms with E-state index in [0.29, 0.717) is 17.2 Å². The highest BCUT2D eigenvalue weighted by atomic mass is 19.1. The molecule has 0 spiro atoms. The van der Waals surface area contributed by atoms with E-state index < -0.39 is 34.6 Å². The van der Waals surface area contributed by atoms with Crippen molar-refractivity contribution in [2.75, 3.05) is 6.61 Å². The Hall–Kier alpha value is -3.81. The molecule has 0 aliphatic carbocycles. The van der Waals surface area contributed by atoms with Gasteiger partial charge in [-0.3, -0.25) is 9.59 Å². The molecule has 0 amide bonds. The highest BCUT2D eigenvalue weighted by Gasteiger charge is 2.17. The Kier molecular flexibility index (Phi) is 6.06. The van der Waals surface area contributed by atoms with Gasteiger partial charge in [-0.25, -0.2) is 13.6 Å². The lowest BCUT2D eigenvalue weighted by atomic mass is 10.1. The summed E-state index contributed by atoms with van der Waals surface area (Å²) in [6.07, 6.45) is 1.87. The van der Waals surface area contributed by atoms with E-state index in [1.54, 1.807) is 18.2 Å². The quantitative estimate of drug-likeness (QED) is 0.290. The predicted molar refractivity (Wildman–Crippen MR) is 106 cm³/mol. The average Bonchev–Trinajstić information content (AvgIpc) is 2.69. The molecule has 2 aromatic carbocycles. The molecule has 154 valence electrons. The zero-order valence-corrected chi connectivity index (χ0v) is 15.9. The molecule has 1 heterocycles. The third kappa shape index (κ3) is 4.43. The number of esters is 1. The molecule has 3 rings (SSSR count). The van der Waals surface area contributed by atoms with Crippen molar-refractivity contribution >= 4 is 28.4 Å². The summed E-state index contributed by atoms with van der Waals surface area (Å²) < 4.78 is 33.2. The molecule has 1 N–H and O–H groups in total. The second kappa shape index (κ2) is 8.69. The van der Waals surface area contributed by atoms with Gasteiger partial charge in [0.15, 0.2) is 5.43 Å². The maximum atomic E-state index is 13.6. The van der Waals surface area contributed by atoms with Crippen LogP contribution < -0.4 is 5.43 Å². The van der Waals surface area contributed by atoms with Crippen molar-refractivity contribution < 1.29 is 28.2 Å². The first kappa shape index (κ1) is 20.9. The highest BCUT2D eigenvalue weighted by Crippen LogP contribution is 2.18. The summed E-state index contributed by atoms with van der Waals surface area (Å²) in [5.41, 5.74) is -0.0698. The molecule has 0 atom stereocenters. The van der Waals surface area contributed by atoms with Crippen molar-refractivity contribution in [3.63, 3.8) is 0 Å². The molecular formula is C22H17F2NO5. The summed E-state index contributed by atoms with van der Waals surface area (Å²) in [5, 5.41) is 10.5. The first-order valence-electron chi connectivity index (χ1n) is 8.99. The normalized spacial score (nSPS) is 11.5. The maximum Gasteiger partial charge on any atom is 0.379 e. The van der Waals surface area contributed by atoms with E-state index in [1.165, 1.54) is 23.8 Å². The summed E-state index contributed by atoms with van der Waals surface area (Å²) in [7, 11) is 0. The number of para-hydroxylation sites is 1. The summed E-state index contributed by atoms with van der Waals surface area (Å²) in [6.45, 7) is 1.49. The topological polar surface area (TPSA) is 85.6 Å². The molecule has 0 saturated carbocycles. The molecule has 1 aromatic heterocycles. The molecule has 0 aliphatic heterocycles. The van der Waals surface area contributed by atoms with Gasteiger partial charge in [-0.1, -0.05) is 12.1 Å². The number of carbonyl (C=O) groups is 2. The zero-order valence-electron chi connectivity index (χ0n) is 15.9. The van der Waals surface area contributed by atoms with E-state index in [4.69, 9.17) is 0 Å². The van der Waals surface area contributed by atoms with Crippen LogP contribution in [0.25, 0.3) is 16.7 Å². The van der Waals surface area contributed by atoms with Gasteiger partial charge in [0, 0.05) is 30.3 Å². The number of benzene rings is 2. The molecule has 0 saturated heterocycles. The summed E-state index contributed by atoms with van der Waals surface area (Å²) >= 11 is 0. The van der Waals surface area contributed by atoms with Crippen LogP contribution in [0.5, 0.6) is 0 Å². The zero-order chi connectivity index (χ0) is 21.8. The number of aromatic nitrogens is 1. The van der Waals surface area contributed by atoms with Gasteiger partial charge in [-0.2, -0.15) is 0 Å². The summed E-state index contributed by atoms with van der Waals surface area (Å²) in [6, 6.07) is 9.50. The largest absolute Gasteiger partial charge is 0.507 e. The number of halogens is 2. The molecule has 0 radical (unpaired) electrons. The predicted octanol–water partition coefficient (Wildman–Crippen LogP) is 3.36. The van der Waals surface area contributed by atoms with Gasteiger partial charge in [0.05, 0.1) is 17.7 Å². The van der Waals surface area contributed by atoms with E-state index in [1.807, 2.05) is 0 Å². The van der Waals surface area contributed by atoms with Crippen molar-refractivity contribution in [3.8, 4) is 0 Å². The number of hydrogen-bond acceptors (Lipinski definition) is 5. The third-order valence-corrected chi connectivity index (χ3v) is 4.28. The van der Waals surface area contributed by atoms with Crippen LogP contribution in [-0.4, -0.2) is 28.0 Å². The molecule has 8 heteroatoms. The van der Waals surface area contributed by atoms with E-state index in [0.717, 1.165) is 18.2 Å². The van der Waals surface area contributed by atoms with Crippen molar-refractivity contribution in [3.05, 3.63) is 87.7 Å². The lowest BCUT2D eigenvalue weighted by Gasteiger charge is -2.14. The number of aliphatic hydroxyl groups excluding tert-OH is 1. The Balaban J connectivity index is 2.12. The Labute approximate surface area is 169 Å². The van der Waals surface area contributed by atoms with Crippen molar-refractivity contribution in [1.82, 2.24) is 4.57 Å². The minimum absolute atomic E-state index is 0.0123. The van der Waals surface area contributed by atoms with Crippen LogP contribution in [0.1, 0.15) is 18.1 Å². The smallest absolute Gasteiger partial charge is 0.379 e. The Morgan fingerprint density at radius 1 is 1.13 bits per heavy atom. The number of nitrogens with zero attached hydrogens (tertiary/aromatic N) is 1. The van der Waals surface area contributed by atoms with Crippen molar-refractivity contribution in [2.45, 2.75) is 13.5 Å². The number of pyridine rings is 1. The molecule has 0 fully saturated rings. The molecule has 0 unspecified atom stereocenters. The van der Waals surface area contributed by atoms with Crippen LogP contribution >= 0.6 is 0 Å². The van der Waals surface area contributed by atoms with Gasteiger partial charge in [0.1, 0.15) is 17.4 Å². The number of aliphatic hydroxyl groups is 1. The molecule has 3 aromatic rings. The average molecular weight is 413 g/mol. The van der Waals surface area contributed by atoms with Crippen LogP contribution in [0.4, 0.5) is 8.78 Å². The minimum Gasteiger partial charge on any atom is -0.507 e. The highest BCUT2D eigenvalue weighted by molar-refractivity contribution is 6.39. The fourth-order valence-electron chi connectivity index (χ4n) is 3.02. The number of fused-ring (bicyclic) bond motifs is 1. The Morgan fingerprint density at radius 3 is 2.47 bits per heavy atom. The first-order chi connectivity index (χ1) is 14.3. The van der Waals surface area contributed by atoms with E-state index in [2.05, 4.69) is 4.74 Å². The molecule has 0 aliphatic rings. The van der Waals surface area contributed by atoms with Crippen molar-refractivity contribution in [1.29, 1.82) is 0 Å². The SMILES string of the molecule is CCOC(=O)C(=O)C=C(O)c1cn(Cc2cc(F)cc(F)c2)c2ccccc2c1=O. The van der Waals surface area contributed by atoms with Crippen molar-refractivity contribution in [2.24, 2.45) is 0 Å². The van der Waals surface area contributed by atoms with Gasteiger partial charge < -0.3 is 14.4 Å². The summed E-state index contributed by atoms with van der Waals surface area (Å²) in [4.78, 5) is 36.1. The molecular weight excluding hydrogens is 396 g/mol. The Bertz CT molecular complexity index is 1210. The fraction of sp³-hybridized carbons (Fsp3) is 0.136. The molecule has 0 bridgehead atoms. The van der Waals surface area contributed by atoms with E-state index in [-0.39, 0.29) is 24.1 Å². The van der Waals surface area contributed by atoms with Crippen LogP contribution in [-0.2, 0) is 20.9 Å². The van der Waals surface area contributed by atoms with Gasteiger partial charge in [0.25, 0.3) is 5.78 Å². The number of rotatable bonds is 6. The Morgan fingerprint density at radius 2 is 1.80 bits per heavy atom. The lowest BCUT2D eigenvalue weighted by molar-refractivity contribution is -0.151. The van der Waals surface area contributed by atoms with Gasteiger partial charge >= 0.3 is 5.97 Å². The summed E-state index contributed by atoms with van der Waals surface area (Å²) in [5.74, 6) is -4.51. The number of ether oxygens (including phenoxy) is 1. The van der Waals surface area contributed by atoms with Gasteiger partial charge in [-0.05, 0) is 36.8 Å². The third-order valence-electron chi connectivity index (χ3n) is 4.28. The second-order valence-corrected chi connectivity index (χ2v) is 6.41. The fourth-order valence-corrected chi connectivity index (χ4v) is 3.02.